The molecule has 0 fully saturated rings. The standard InChI is InChI=1S/C7H5N3O4S/c11-10(12)7-5-3-1-2-4-6(5)15(13,14)9-8-7/h1-4,9H. The van der Waals surface area contributed by atoms with E-state index in [9.17, 15) is 18.5 Å². The van der Waals surface area contributed by atoms with Gasteiger partial charge in [0.2, 0.25) is 0 Å². The van der Waals surface area contributed by atoms with Gasteiger partial charge in [-0.1, -0.05) is 12.1 Å². The van der Waals surface area contributed by atoms with E-state index < -0.39 is 20.8 Å². The van der Waals surface area contributed by atoms with Crippen LogP contribution in [0.5, 0.6) is 0 Å². The lowest BCUT2D eigenvalue weighted by Gasteiger charge is -2.09. The summed E-state index contributed by atoms with van der Waals surface area (Å²) < 4.78 is 22.8. The first-order valence-electron chi connectivity index (χ1n) is 3.85. The third kappa shape index (κ3) is 1.44. The molecule has 7 nitrogen and oxygen atoms in total. The van der Waals surface area contributed by atoms with E-state index in [-0.39, 0.29) is 10.5 Å². The second-order valence-electron chi connectivity index (χ2n) is 2.78. The maximum Gasteiger partial charge on any atom is 0.397 e. The molecule has 78 valence electrons. The Kier molecular flexibility index (Phi) is 1.93. The molecule has 0 unspecified atom stereocenters. The fraction of sp³-hybridized carbons (Fsp3) is 0. The van der Waals surface area contributed by atoms with E-state index in [2.05, 4.69) is 5.10 Å². The van der Waals surface area contributed by atoms with Crippen LogP contribution in [0, 0.1) is 10.1 Å². The van der Waals surface area contributed by atoms with Crippen molar-refractivity contribution in [3.05, 3.63) is 39.9 Å². The summed E-state index contributed by atoms with van der Waals surface area (Å²) in [5.41, 5.74) is 0.00116. The summed E-state index contributed by atoms with van der Waals surface area (Å²) in [6, 6.07) is 5.63. The zero-order chi connectivity index (χ0) is 11.1. The van der Waals surface area contributed by atoms with Crippen molar-refractivity contribution in [3.8, 4) is 0 Å². The van der Waals surface area contributed by atoms with Gasteiger partial charge in [-0.05, 0) is 17.1 Å². The minimum Gasteiger partial charge on any atom is -0.358 e. The number of benzene rings is 1. The molecule has 0 amide bonds. The predicted octanol–water partition coefficient (Wildman–Crippen LogP) is -0.0832. The number of nitro groups is 1. The number of hydrogen-bond donors (Lipinski definition) is 1. The van der Waals surface area contributed by atoms with Crippen LogP contribution in [-0.2, 0) is 10.0 Å². The van der Waals surface area contributed by atoms with Gasteiger partial charge >= 0.3 is 5.84 Å². The van der Waals surface area contributed by atoms with E-state index >= 15 is 0 Å². The third-order valence-electron chi connectivity index (χ3n) is 1.86. The van der Waals surface area contributed by atoms with Crippen LogP contribution in [0.15, 0.2) is 34.3 Å². The van der Waals surface area contributed by atoms with E-state index in [1.807, 2.05) is 0 Å². The Morgan fingerprint density at radius 3 is 2.67 bits per heavy atom. The van der Waals surface area contributed by atoms with Gasteiger partial charge in [0, 0.05) is 0 Å². The molecular formula is C7H5N3O4S. The molecule has 0 saturated heterocycles. The Bertz CT molecular complexity index is 563. The molecule has 1 aromatic rings. The van der Waals surface area contributed by atoms with Crippen LogP contribution in [0.4, 0.5) is 0 Å². The predicted molar refractivity (Wildman–Crippen MR) is 50.3 cm³/mol. The van der Waals surface area contributed by atoms with Crippen molar-refractivity contribution in [1.82, 2.24) is 4.83 Å². The lowest BCUT2D eigenvalue weighted by Crippen LogP contribution is -2.31. The Morgan fingerprint density at radius 1 is 1.33 bits per heavy atom. The van der Waals surface area contributed by atoms with Crippen molar-refractivity contribution >= 4 is 15.9 Å². The van der Waals surface area contributed by atoms with Crippen LogP contribution in [-0.4, -0.2) is 19.2 Å². The summed E-state index contributed by atoms with van der Waals surface area (Å²) in [5.74, 6) is -0.500. The molecule has 0 bridgehead atoms. The van der Waals surface area contributed by atoms with Crippen molar-refractivity contribution < 1.29 is 13.3 Å². The van der Waals surface area contributed by atoms with Gasteiger partial charge in [-0.15, -0.1) is 4.83 Å². The molecule has 15 heavy (non-hydrogen) atoms. The first kappa shape index (κ1) is 9.59. The second-order valence-corrected chi connectivity index (χ2v) is 4.41. The number of nitrogens with zero attached hydrogens (tertiary/aromatic N) is 2. The Hall–Kier alpha value is -1.96. The normalized spacial score (nSPS) is 17.2. The highest BCUT2D eigenvalue weighted by molar-refractivity contribution is 7.89. The number of sulfonamides is 1. The monoisotopic (exact) mass is 227 g/mol. The maximum absolute atomic E-state index is 11.4. The number of hydrazone groups is 1. The summed E-state index contributed by atoms with van der Waals surface area (Å²) in [7, 11) is -3.75. The van der Waals surface area contributed by atoms with Crippen LogP contribution in [0.2, 0.25) is 0 Å². The SMILES string of the molecule is O=[N+]([O-])C1=NNS(=O)(=O)c2ccccc21. The molecule has 1 aromatic carbocycles. The van der Waals surface area contributed by atoms with Crippen molar-refractivity contribution in [3.63, 3.8) is 0 Å². The number of nitrogens with one attached hydrogen (secondary N) is 1. The molecule has 1 aliphatic heterocycles. The van der Waals surface area contributed by atoms with Gasteiger partial charge in [0.1, 0.15) is 4.90 Å². The topological polar surface area (TPSA) is 102 Å². The second kappa shape index (κ2) is 3.02. The largest absolute Gasteiger partial charge is 0.397 e. The van der Waals surface area contributed by atoms with Crippen LogP contribution in [0.25, 0.3) is 0 Å². The molecule has 0 spiro atoms. The highest BCUT2D eigenvalue weighted by Gasteiger charge is 2.33. The fourth-order valence-electron chi connectivity index (χ4n) is 1.24. The Morgan fingerprint density at radius 2 is 2.00 bits per heavy atom. The summed E-state index contributed by atoms with van der Waals surface area (Å²) >= 11 is 0. The molecule has 0 atom stereocenters. The van der Waals surface area contributed by atoms with E-state index in [0.717, 1.165) is 0 Å². The van der Waals surface area contributed by atoms with E-state index in [4.69, 9.17) is 0 Å². The minimum atomic E-state index is -3.75. The number of fused-ring (bicyclic) bond motifs is 1. The van der Waals surface area contributed by atoms with E-state index in [1.165, 1.54) is 24.3 Å². The fourth-order valence-corrected chi connectivity index (χ4v) is 2.25. The summed E-state index contributed by atoms with van der Waals surface area (Å²) in [5, 5.41) is 13.8. The number of amidine groups is 1. The van der Waals surface area contributed by atoms with Gasteiger partial charge in [-0.25, -0.2) is 0 Å². The van der Waals surface area contributed by atoms with Gasteiger partial charge in [-0.2, -0.15) is 8.42 Å². The maximum atomic E-state index is 11.4. The zero-order valence-corrected chi connectivity index (χ0v) is 8.06. The zero-order valence-electron chi connectivity index (χ0n) is 7.25. The van der Waals surface area contributed by atoms with Crippen molar-refractivity contribution in [1.29, 1.82) is 0 Å². The van der Waals surface area contributed by atoms with Gasteiger partial charge in [0.05, 0.1) is 10.7 Å². The summed E-state index contributed by atoms with van der Waals surface area (Å²) in [6.07, 6.45) is 0. The minimum absolute atomic E-state index is 0.00116. The van der Waals surface area contributed by atoms with Gasteiger partial charge in [0.25, 0.3) is 10.0 Å². The molecule has 0 saturated carbocycles. The van der Waals surface area contributed by atoms with Crippen molar-refractivity contribution in [2.75, 3.05) is 0 Å². The van der Waals surface area contributed by atoms with E-state index in [1.54, 1.807) is 4.83 Å². The first-order chi connectivity index (χ1) is 7.02. The van der Waals surface area contributed by atoms with Crippen molar-refractivity contribution in [2.24, 2.45) is 5.10 Å². The Labute approximate surface area is 84.6 Å². The highest BCUT2D eigenvalue weighted by atomic mass is 32.2. The van der Waals surface area contributed by atoms with E-state index in [0.29, 0.717) is 0 Å². The molecule has 8 heteroatoms. The van der Waals surface area contributed by atoms with Gasteiger partial charge < -0.3 is 10.1 Å². The van der Waals surface area contributed by atoms with Crippen LogP contribution in [0.3, 0.4) is 0 Å². The average Bonchev–Trinajstić information content (AvgIpc) is 2.17. The lowest BCUT2D eigenvalue weighted by atomic mass is 10.2. The quantitative estimate of drug-likeness (QED) is 0.494. The molecule has 1 N–H and O–H groups in total. The molecule has 0 radical (unpaired) electrons. The molecule has 1 heterocycles. The Balaban J connectivity index is 2.74. The highest BCUT2D eigenvalue weighted by Crippen LogP contribution is 2.19. The molecule has 0 aromatic heterocycles. The summed E-state index contributed by atoms with van der Waals surface area (Å²) in [4.78, 5) is 11.5. The van der Waals surface area contributed by atoms with Gasteiger partial charge in [-0.3, -0.25) is 0 Å². The van der Waals surface area contributed by atoms with Crippen LogP contribution in [0.1, 0.15) is 5.56 Å². The average molecular weight is 227 g/mol. The molecular weight excluding hydrogens is 222 g/mol. The van der Waals surface area contributed by atoms with Crippen molar-refractivity contribution in [2.45, 2.75) is 4.90 Å². The third-order valence-corrected chi connectivity index (χ3v) is 3.13. The first-order valence-corrected chi connectivity index (χ1v) is 5.34. The molecule has 0 aliphatic carbocycles. The van der Waals surface area contributed by atoms with Gasteiger partial charge in [0.15, 0.2) is 0 Å². The summed E-state index contributed by atoms with van der Waals surface area (Å²) in [6.45, 7) is 0. The lowest BCUT2D eigenvalue weighted by molar-refractivity contribution is -0.349. The smallest absolute Gasteiger partial charge is 0.358 e. The van der Waals surface area contributed by atoms with Crippen LogP contribution >= 0.6 is 0 Å². The number of hydrogen-bond acceptors (Lipinski definition) is 5. The molecule has 2 rings (SSSR count). The molecule has 1 aliphatic rings. The van der Waals surface area contributed by atoms with Crippen LogP contribution < -0.4 is 4.83 Å². The number of rotatable bonds is 0.